The third-order valence-electron chi connectivity index (χ3n) is 6.01. The Bertz CT molecular complexity index is 700. The molecule has 0 atom stereocenters. The van der Waals surface area contributed by atoms with Gasteiger partial charge in [-0.25, -0.2) is 4.31 Å². The highest BCUT2D eigenvalue weighted by atomic mass is 32.2. The summed E-state index contributed by atoms with van der Waals surface area (Å²) in [5.74, 6) is 3.62. The van der Waals surface area contributed by atoms with Crippen molar-refractivity contribution in [3.05, 3.63) is 53.0 Å². The van der Waals surface area contributed by atoms with E-state index in [1.165, 1.54) is 67.9 Å². The van der Waals surface area contributed by atoms with Gasteiger partial charge in [-0.3, -0.25) is 0 Å². The first-order valence-corrected chi connectivity index (χ1v) is 11.5. The minimum atomic E-state index is 0.675. The fraction of sp³-hybridized carbons (Fsp3) is 0.520. The number of benzene rings is 1. The zero-order chi connectivity index (χ0) is 19.8. The summed E-state index contributed by atoms with van der Waals surface area (Å²) in [5.41, 5.74) is 2.55. The van der Waals surface area contributed by atoms with Gasteiger partial charge in [0.05, 0.1) is 0 Å². The van der Waals surface area contributed by atoms with E-state index in [1.807, 2.05) is 11.9 Å². The zero-order valence-electron chi connectivity index (χ0n) is 17.4. The molecule has 1 aromatic rings. The van der Waals surface area contributed by atoms with Crippen LogP contribution in [0.1, 0.15) is 51.5 Å². The summed E-state index contributed by atoms with van der Waals surface area (Å²) >= 11 is 1.92. The first-order chi connectivity index (χ1) is 13.7. The second-order valence-electron chi connectivity index (χ2n) is 8.12. The standard InChI is InChI=1S/C25H34N2S/c1-4-5-7-12-25(23-10-8-6-9-11-23)22(3)28-27-19-15-24(16-20-27)26-17-13-21(2)14-18-26/h1,6-12,21,24H,5,13-20H2,2-3H3/b12-7-,25-22-. The monoisotopic (exact) mass is 394 g/mol. The first kappa shape index (κ1) is 21.2. The number of rotatable bonds is 6. The van der Waals surface area contributed by atoms with Crippen molar-refractivity contribution >= 4 is 17.5 Å². The molecule has 2 saturated heterocycles. The van der Waals surface area contributed by atoms with E-state index in [9.17, 15) is 0 Å². The molecule has 0 spiro atoms. The molecule has 150 valence electrons. The Balaban J connectivity index is 1.60. The molecule has 0 aliphatic carbocycles. The molecule has 3 heteroatoms. The number of hydrogen-bond donors (Lipinski definition) is 0. The highest BCUT2D eigenvalue weighted by molar-refractivity contribution is 8.01. The van der Waals surface area contributed by atoms with E-state index >= 15 is 0 Å². The molecule has 0 amide bonds. The Labute approximate surface area is 176 Å². The lowest BCUT2D eigenvalue weighted by Gasteiger charge is -2.41. The first-order valence-electron chi connectivity index (χ1n) is 10.7. The second kappa shape index (κ2) is 10.9. The van der Waals surface area contributed by atoms with Crippen LogP contribution in [0.2, 0.25) is 0 Å². The lowest BCUT2D eigenvalue weighted by Crippen LogP contribution is -2.46. The van der Waals surface area contributed by atoms with Crippen LogP contribution in [0.5, 0.6) is 0 Å². The molecule has 0 saturated carbocycles. The van der Waals surface area contributed by atoms with Crippen molar-refractivity contribution < 1.29 is 0 Å². The van der Waals surface area contributed by atoms with Crippen LogP contribution >= 0.6 is 11.9 Å². The van der Waals surface area contributed by atoms with Gasteiger partial charge in [0.25, 0.3) is 0 Å². The molecule has 2 aliphatic heterocycles. The summed E-state index contributed by atoms with van der Waals surface area (Å²) in [6.45, 7) is 9.59. The minimum Gasteiger partial charge on any atom is -0.300 e. The number of nitrogens with zero attached hydrogens (tertiary/aromatic N) is 2. The summed E-state index contributed by atoms with van der Waals surface area (Å²) in [6, 6.07) is 11.4. The molecule has 2 heterocycles. The van der Waals surface area contributed by atoms with Crippen LogP contribution in [0.3, 0.4) is 0 Å². The molecule has 0 N–H and O–H groups in total. The molecule has 3 rings (SSSR count). The second-order valence-corrected chi connectivity index (χ2v) is 9.43. The highest BCUT2D eigenvalue weighted by Gasteiger charge is 2.27. The predicted octanol–water partition coefficient (Wildman–Crippen LogP) is 5.84. The fourth-order valence-electron chi connectivity index (χ4n) is 4.21. The van der Waals surface area contributed by atoms with Crippen molar-refractivity contribution in [3.63, 3.8) is 0 Å². The van der Waals surface area contributed by atoms with Crippen molar-refractivity contribution in [1.82, 2.24) is 9.21 Å². The maximum atomic E-state index is 5.43. The van der Waals surface area contributed by atoms with Crippen LogP contribution in [0, 0.1) is 18.3 Å². The van der Waals surface area contributed by atoms with Gasteiger partial charge in [-0.1, -0.05) is 49.4 Å². The Morgan fingerprint density at radius 2 is 1.79 bits per heavy atom. The average Bonchev–Trinajstić information content (AvgIpc) is 2.73. The number of allylic oxidation sites excluding steroid dienone is 4. The number of hydrogen-bond acceptors (Lipinski definition) is 3. The summed E-state index contributed by atoms with van der Waals surface area (Å²) in [7, 11) is 0. The van der Waals surface area contributed by atoms with Crippen molar-refractivity contribution in [1.29, 1.82) is 0 Å². The van der Waals surface area contributed by atoms with Crippen LogP contribution in [0.4, 0.5) is 0 Å². The van der Waals surface area contributed by atoms with E-state index in [0.29, 0.717) is 6.42 Å². The molecule has 0 unspecified atom stereocenters. The van der Waals surface area contributed by atoms with Crippen molar-refractivity contribution in [2.24, 2.45) is 5.92 Å². The van der Waals surface area contributed by atoms with Crippen LogP contribution in [0.25, 0.3) is 5.57 Å². The van der Waals surface area contributed by atoms with Crippen molar-refractivity contribution in [3.8, 4) is 12.3 Å². The minimum absolute atomic E-state index is 0.675. The van der Waals surface area contributed by atoms with Gasteiger partial charge in [0.2, 0.25) is 0 Å². The van der Waals surface area contributed by atoms with E-state index < -0.39 is 0 Å². The van der Waals surface area contributed by atoms with Crippen molar-refractivity contribution in [2.75, 3.05) is 26.2 Å². The Kier molecular flexibility index (Phi) is 8.27. The lowest BCUT2D eigenvalue weighted by atomic mass is 9.95. The maximum absolute atomic E-state index is 5.43. The molecular formula is C25H34N2S. The van der Waals surface area contributed by atoms with Gasteiger partial charge in [0.15, 0.2) is 0 Å². The Morgan fingerprint density at radius 3 is 2.43 bits per heavy atom. The van der Waals surface area contributed by atoms with Crippen LogP contribution < -0.4 is 0 Å². The lowest BCUT2D eigenvalue weighted by molar-refractivity contribution is 0.103. The zero-order valence-corrected chi connectivity index (χ0v) is 18.3. The number of likely N-dealkylation sites (tertiary alicyclic amines) is 1. The van der Waals surface area contributed by atoms with Gasteiger partial charge in [-0.2, -0.15) is 0 Å². The summed E-state index contributed by atoms with van der Waals surface area (Å²) in [4.78, 5) is 4.10. The van der Waals surface area contributed by atoms with Gasteiger partial charge in [-0.05, 0) is 74.7 Å². The SMILES string of the molecule is C#CC/C=C\C(=C(/C)SN1CCC(N2CCC(C)CC2)CC1)c1ccccc1. The third kappa shape index (κ3) is 6.01. The molecule has 2 fully saturated rings. The largest absolute Gasteiger partial charge is 0.300 e. The van der Waals surface area contributed by atoms with Crippen molar-refractivity contribution in [2.45, 2.75) is 52.0 Å². The molecule has 1 aromatic carbocycles. The molecule has 0 radical (unpaired) electrons. The van der Waals surface area contributed by atoms with Gasteiger partial charge < -0.3 is 4.90 Å². The van der Waals surface area contributed by atoms with E-state index in [1.54, 1.807) is 0 Å². The summed E-state index contributed by atoms with van der Waals surface area (Å²) < 4.78 is 2.55. The van der Waals surface area contributed by atoms with E-state index in [4.69, 9.17) is 6.42 Å². The van der Waals surface area contributed by atoms with Gasteiger partial charge >= 0.3 is 0 Å². The summed E-state index contributed by atoms with van der Waals surface area (Å²) in [6.07, 6.45) is 15.7. The van der Waals surface area contributed by atoms with Gasteiger partial charge in [0, 0.05) is 30.5 Å². The quantitative estimate of drug-likeness (QED) is 0.340. The predicted molar refractivity (Wildman–Crippen MR) is 124 cm³/mol. The molecule has 0 aromatic heterocycles. The van der Waals surface area contributed by atoms with Crippen LogP contribution in [0.15, 0.2) is 47.4 Å². The maximum Gasteiger partial charge on any atom is 0.0270 e. The summed E-state index contributed by atoms with van der Waals surface area (Å²) in [5, 5.41) is 0. The van der Waals surface area contributed by atoms with E-state index in [-0.39, 0.29) is 0 Å². The molecule has 28 heavy (non-hydrogen) atoms. The smallest absolute Gasteiger partial charge is 0.0270 e. The molecule has 2 aliphatic rings. The molecular weight excluding hydrogens is 360 g/mol. The van der Waals surface area contributed by atoms with Gasteiger partial charge in [0.1, 0.15) is 0 Å². The van der Waals surface area contributed by atoms with Crippen LogP contribution in [-0.2, 0) is 0 Å². The van der Waals surface area contributed by atoms with E-state index in [0.717, 1.165) is 12.0 Å². The highest BCUT2D eigenvalue weighted by Crippen LogP contribution is 2.33. The fourth-order valence-corrected chi connectivity index (χ4v) is 5.28. The Hall–Kier alpha value is -1.47. The third-order valence-corrected chi connectivity index (χ3v) is 7.13. The normalized spacial score (nSPS) is 21.6. The number of piperidine rings is 2. The number of terminal acetylenes is 1. The molecule has 2 nitrogen and oxygen atoms in total. The topological polar surface area (TPSA) is 6.48 Å². The van der Waals surface area contributed by atoms with E-state index in [2.05, 4.69) is 71.5 Å². The van der Waals surface area contributed by atoms with Gasteiger partial charge in [-0.15, -0.1) is 12.3 Å². The average molecular weight is 395 g/mol. The molecule has 0 bridgehead atoms. The Morgan fingerprint density at radius 1 is 1.11 bits per heavy atom. The van der Waals surface area contributed by atoms with Crippen LogP contribution in [-0.4, -0.2) is 41.4 Å².